The molecule has 0 saturated heterocycles. The molecule has 0 aromatic carbocycles. The number of rotatable bonds is 8. The molecule has 6 nitrogen and oxygen atoms in total. The number of hydrogen-bond acceptors (Lipinski definition) is 3. The molecule has 0 aromatic rings. The van der Waals surface area contributed by atoms with Crippen LogP contribution in [0.25, 0.3) is 0 Å². The van der Waals surface area contributed by atoms with Gasteiger partial charge in [0.2, 0.25) is 11.8 Å². The molecule has 2 atom stereocenters. The number of carbonyl (C=O) groups excluding carboxylic acids is 2. The molecular formula is C15H28N2O4. The first-order valence-corrected chi connectivity index (χ1v) is 7.40. The highest BCUT2D eigenvalue weighted by molar-refractivity contribution is 5.84. The molecule has 6 heteroatoms. The number of carboxylic acid groups (broad SMARTS) is 1. The number of amides is 2. The molecular weight excluding hydrogens is 272 g/mol. The zero-order chi connectivity index (χ0) is 16.6. The monoisotopic (exact) mass is 300 g/mol. The third-order valence-corrected chi connectivity index (χ3v) is 3.34. The first-order chi connectivity index (χ1) is 9.59. The van der Waals surface area contributed by atoms with Crippen molar-refractivity contribution in [2.45, 2.75) is 59.9 Å². The number of nitrogens with one attached hydrogen (secondary N) is 2. The van der Waals surface area contributed by atoms with E-state index >= 15 is 0 Å². The van der Waals surface area contributed by atoms with E-state index in [2.05, 4.69) is 10.6 Å². The van der Waals surface area contributed by atoms with Crippen LogP contribution in [0.3, 0.4) is 0 Å². The van der Waals surface area contributed by atoms with Crippen molar-refractivity contribution in [3.8, 4) is 0 Å². The maximum atomic E-state index is 11.7. The predicted molar refractivity (Wildman–Crippen MR) is 80.7 cm³/mol. The van der Waals surface area contributed by atoms with E-state index < -0.39 is 17.4 Å². The topological polar surface area (TPSA) is 95.5 Å². The van der Waals surface area contributed by atoms with Crippen molar-refractivity contribution in [1.82, 2.24) is 10.6 Å². The van der Waals surface area contributed by atoms with E-state index in [9.17, 15) is 14.4 Å². The van der Waals surface area contributed by atoms with Crippen LogP contribution in [0.1, 0.15) is 53.9 Å². The van der Waals surface area contributed by atoms with Gasteiger partial charge in [-0.15, -0.1) is 0 Å². The molecule has 0 fully saturated rings. The van der Waals surface area contributed by atoms with Gasteiger partial charge in [-0.05, 0) is 12.3 Å². The summed E-state index contributed by atoms with van der Waals surface area (Å²) in [5, 5.41) is 14.4. The van der Waals surface area contributed by atoms with Crippen LogP contribution < -0.4 is 10.6 Å². The first kappa shape index (κ1) is 19.4. The summed E-state index contributed by atoms with van der Waals surface area (Å²) in [5.41, 5.74) is -0.451. The highest BCUT2D eigenvalue weighted by atomic mass is 16.4. The Morgan fingerprint density at radius 2 is 1.76 bits per heavy atom. The van der Waals surface area contributed by atoms with Crippen molar-refractivity contribution >= 4 is 17.8 Å². The predicted octanol–water partition coefficient (Wildman–Crippen LogP) is 1.54. The Balaban J connectivity index is 4.10. The lowest BCUT2D eigenvalue weighted by Gasteiger charge is -2.20. The van der Waals surface area contributed by atoms with Gasteiger partial charge in [0.25, 0.3) is 0 Å². The summed E-state index contributed by atoms with van der Waals surface area (Å²) in [7, 11) is 0. The van der Waals surface area contributed by atoms with Crippen molar-refractivity contribution in [2.75, 3.05) is 6.54 Å². The van der Waals surface area contributed by atoms with Crippen molar-refractivity contribution in [3.05, 3.63) is 0 Å². The van der Waals surface area contributed by atoms with Crippen molar-refractivity contribution in [1.29, 1.82) is 0 Å². The Kier molecular flexibility index (Phi) is 7.99. The van der Waals surface area contributed by atoms with Gasteiger partial charge in [-0.3, -0.25) is 9.59 Å². The molecule has 2 unspecified atom stereocenters. The standard InChI is InChI=1S/C15H28N2O4/c1-6-10(2)12(13(19)20)17-11(18)8-7-9-16-14(21)15(3,4)5/h10,12H,6-9H2,1-5H3,(H,16,21)(H,17,18)(H,19,20). The molecule has 0 saturated carbocycles. The van der Waals surface area contributed by atoms with E-state index in [-0.39, 0.29) is 24.2 Å². The number of hydrogen-bond donors (Lipinski definition) is 3. The average Bonchev–Trinajstić information content (AvgIpc) is 2.38. The Morgan fingerprint density at radius 3 is 2.19 bits per heavy atom. The molecule has 0 radical (unpaired) electrons. The Morgan fingerprint density at radius 1 is 1.19 bits per heavy atom. The van der Waals surface area contributed by atoms with Crippen LogP contribution in [-0.2, 0) is 14.4 Å². The SMILES string of the molecule is CCC(C)C(NC(=O)CCCNC(=O)C(C)(C)C)C(=O)O. The molecule has 2 amide bonds. The van der Waals surface area contributed by atoms with Crippen molar-refractivity contribution in [3.63, 3.8) is 0 Å². The van der Waals surface area contributed by atoms with Crippen LogP contribution in [0.2, 0.25) is 0 Å². The van der Waals surface area contributed by atoms with Crippen molar-refractivity contribution in [2.24, 2.45) is 11.3 Å². The minimum absolute atomic E-state index is 0.0640. The second-order valence-electron chi connectivity index (χ2n) is 6.38. The third kappa shape index (κ3) is 7.68. The maximum absolute atomic E-state index is 11.7. The van der Waals surface area contributed by atoms with Crippen molar-refractivity contribution < 1.29 is 19.5 Å². The fourth-order valence-corrected chi connectivity index (χ4v) is 1.64. The molecule has 122 valence electrons. The number of carbonyl (C=O) groups is 3. The molecule has 0 aliphatic carbocycles. The van der Waals surface area contributed by atoms with E-state index in [0.717, 1.165) is 0 Å². The van der Waals surface area contributed by atoms with Gasteiger partial charge in [-0.1, -0.05) is 41.0 Å². The van der Waals surface area contributed by atoms with Gasteiger partial charge in [-0.25, -0.2) is 4.79 Å². The summed E-state index contributed by atoms with van der Waals surface area (Å²) >= 11 is 0. The zero-order valence-electron chi connectivity index (χ0n) is 13.7. The largest absolute Gasteiger partial charge is 0.480 e. The average molecular weight is 300 g/mol. The van der Waals surface area contributed by atoms with Gasteiger partial charge in [0.15, 0.2) is 0 Å². The van der Waals surface area contributed by atoms with Gasteiger partial charge < -0.3 is 15.7 Å². The second kappa shape index (κ2) is 8.64. The summed E-state index contributed by atoms with van der Waals surface area (Å²) in [5.74, 6) is -1.50. The highest BCUT2D eigenvalue weighted by Crippen LogP contribution is 2.12. The van der Waals surface area contributed by atoms with Crippen LogP contribution in [0.5, 0.6) is 0 Å². The van der Waals surface area contributed by atoms with E-state index in [1.807, 2.05) is 27.7 Å². The van der Waals surface area contributed by atoms with Gasteiger partial charge >= 0.3 is 5.97 Å². The van der Waals surface area contributed by atoms with Gasteiger partial charge in [0.05, 0.1) is 0 Å². The minimum Gasteiger partial charge on any atom is -0.480 e. The lowest BCUT2D eigenvalue weighted by atomic mass is 9.96. The fourth-order valence-electron chi connectivity index (χ4n) is 1.64. The van der Waals surface area contributed by atoms with E-state index in [1.54, 1.807) is 6.92 Å². The molecule has 0 aromatic heterocycles. The van der Waals surface area contributed by atoms with Crippen LogP contribution in [-0.4, -0.2) is 35.5 Å². The quantitative estimate of drug-likeness (QED) is 0.593. The summed E-state index contributed by atoms with van der Waals surface area (Å²) in [6, 6.07) is -0.855. The van der Waals surface area contributed by atoms with Crippen LogP contribution >= 0.6 is 0 Å². The van der Waals surface area contributed by atoms with Gasteiger partial charge in [-0.2, -0.15) is 0 Å². The summed E-state index contributed by atoms with van der Waals surface area (Å²) in [6.07, 6.45) is 1.37. The molecule has 0 spiro atoms. The van der Waals surface area contributed by atoms with Gasteiger partial charge in [0, 0.05) is 18.4 Å². The molecule has 3 N–H and O–H groups in total. The lowest BCUT2D eigenvalue weighted by Crippen LogP contribution is -2.45. The lowest BCUT2D eigenvalue weighted by molar-refractivity contribution is -0.143. The van der Waals surface area contributed by atoms with E-state index in [1.165, 1.54) is 0 Å². The molecule has 0 aliphatic rings. The third-order valence-electron chi connectivity index (χ3n) is 3.34. The summed E-state index contributed by atoms with van der Waals surface area (Å²) in [4.78, 5) is 34.4. The molecule has 0 rings (SSSR count). The zero-order valence-corrected chi connectivity index (χ0v) is 13.7. The van der Waals surface area contributed by atoms with Crippen LogP contribution in [0.4, 0.5) is 0 Å². The van der Waals surface area contributed by atoms with Crippen LogP contribution in [0, 0.1) is 11.3 Å². The Hall–Kier alpha value is -1.59. The molecule has 21 heavy (non-hydrogen) atoms. The second-order valence-corrected chi connectivity index (χ2v) is 6.38. The number of carboxylic acids is 1. The Labute approximate surface area is 126 Å². The fraction of sp³-hybridized carbons (Fsp3) is 0.800. The Bertz CT molecular complexity index is 374. The smallest absolute Gasteiger partial charge is 0.326 e. The summed E-state index contributed by atoms with van der Waals surface area (Å²) < 4.78 is 0. The van der Waals surface area contributed by atoms with Gasteiger partial charge in [0.1, 0.15) is 6.04 Å². The first-order valence-electron chi connectivity index (χ1n) is 7.40. The van der Waals surface area contributed by atoms with E-state index in [4.69, 9.17) is 5.11 Å². The summed E-state index contributed by atoms with van der Waals surface area (Å²) in [6.45, 7) is 9.54. The number of aliphatic carboxylic acids is 1. The molecule has 0 heterocycles. The highest BCUT2D eigenvalue weighted by Gasteiger charge is 2.25. The minimum atomic E-state index is -1.02. The van der Waals surface area contributed by atoms with Crippen LogP contribution in [0.15, 0.2) is 0 Å². The van der Waals surface area contributed by atoms with E-state index in [0.29, 0.717) is 19.4 Å². The molecule has 0 bridgehead atoms. The maximum Gasteiger partial charge on any atom is 0.326 e. The molecule has 0 aliphatic heterocycles. The normalized spacial score (nSPS) is 14.1.